The average molecular weight is 388 g/mol. The maximum Gasteiger partial charge on any atom is 0.263 e. The molecule has 0 aliphatic carbocycles. The molecule has 0 fully saturated rings. The van der Waals surface area contributed by atoms with Gasteiger partial charge in [-0.05, 0) is 6.07 Å². The van der Waals surface area contributed by atoms with Crippen LogP contribution in [0.5, 0.6) is 5.75 Å². The summed E-state index contributed by atoms with van der Waals surface area (Å²) in [6, 6.07) is 6.82. The SMILES string of the molecule is COc1ccncc1-c1cccc2c(N)c(C(=O)NCCC(F)F)c(=O)[nH]c12. The van der Waals surface area contributed by atoms with Crippen molar-refractivity contribution in [2.24, 2.45) is 0 Å². The zero-order valence-corrected chi connectivity index (χ0v) is 15.0. The van der Waals surface area contributed by atoms with Gasteiger partial charge in [-0.1, -0.05) is 18.2 Å². The largest absolute Gasteiger partial charge is 0.496 e. The minimum absolute atomic E-state index is 0.0296. The number of nitrogen functional groups attached to an aromatic ring is 1. The zero-order valence-electron chi connectivity index (χ0n) is 15.0. The van der Waals surface area contributed by atoms with Gasteiger partial charge in [0.2, 0.25) is 6.43 Å². The number of hydrogen-bond acceptors (Lipinski definition) is 5. The summed E-state index contributed by atoms with van der Waals surface area (Å²) in [5.41, 5.74) is 6.72. The number of halogens is 2. The summed E-state index contributed by atoms with van der Waals surface area (Å²) >= 11 is 0. The number of rotatable bonds is 6. The summed E-state index contributed by atoms with van der Waals surface area (Å²) in [6.07, 6.45) is 0.103. The van der Waals surface area contributed by atoms with Crippen LogP contribution in [0, 0.1) is 0 Å². The second kappa shape index (κ2) is 8.03. The van der Waals surface area contributed by atoms with E-state index in [2.05, 4.69) is 15.3 Å². The van der Waals surface area contributed by atoms with Crippen LogP contribution in [-0.2, 0) is 0 Å². The Morgan fingerprint density at radius 2 is 2.11 bits per heavy atom. The lowest BCUT2D eigenvalue weighted by atomic mass is 10.0. The van der Waals surface area contributed by atoms with Crippen molar-refractivity contribution in [3.63, 3.8) is 0 Å². The minimum atomic E-state index is -2.55. The van der Waals surface area contributed by atoms with E-state index in [1.807, 2.05) is 0 Å². The summed E-state index contributed by atoms with van der Waals surface area (Å²) in [6.45, 7) is -0.264. The van der Waals surface area contributed by atoms with Crippen LogP contribution < -0.4 is 21.3 Å². The third kappa shape index (κ3) is 3.64. The number of carbonyl (C=O) groups excluding carboxylic acids is 1. The number of fused-ring (bicyclic) bond motifs is 1. The van der Waals surface area contributed by atoms with E-state index in [1.54, 1.807) is 36.7 Å². The van der Waals surface area contributed by atoms with Crippen molar-refractivity contribution in [1.82, 2.24) is 15.3 Å². The third-order valence-electron chi connectivity index (χ3n) is 4.26. The topological polar surface area (TPSA) is 110 Å². The van der Waals surface area contributed by atoms with E-state index in [4.69, 9.17) is 10.5 Å². The maximum absolute atomic E-state index is 12.5. The number of alkyl halides is 2. The highest BCUT2D eigenvalue weighted by atomic mass is 19.3. The van der Waals surface area contributed by atoms with Crippen LogP contribution in [0.1, 0.15) is 16.8 Å². The van der Waals surface area contributed by atoms with Gasteiger partial charge in [0, 0.05) is 41.9 Å². The fraction of sp³-hybridized carbons (Fsp3) is 0.211. The van der Waals surface area contributed by atoms with Crippen LogP contribution in [0.3, 0.4) is 0 Å². The summed E-state index contributed by atoms with van der Waals surface area (Å²) in [7, 11) is 1.52. The monoisotopic (exact) mass is 388 g/mol. The Balaban J connectivity index is 2.11. The molecule has 9 heteroatoms. The van der Waals surface area contributed by atoms with Crippen LogP contribution in [0.15, 0.2) is 41.5 Å². The maximum atomic E-state index is 12.5. The second-order valence-electron chi connectivity index (χ2n) is 5.98. The number of carbonyl (C=O) groups is 1. The molecule has 0 radical (unpaired) electrons. The molecule has 0 spiro atoms. The molecular formula is C19H18F2N4O3. The molecule has 0 unspecified atom stereocenters. The molecule has 0 saturated carbocycles. The molecule has 2 heterocycles. The Labute approximate surface area is 158 Å². The average Bonchev–Trinajstić information content (AvgIpc) is 2.67. The van der Waals surface area contributed by atoms with Gasteiger partial charge >= 0.3 is 0 Å². The number of aromatic amines is 1. The highest BCUT2D eigenvalue weighted by molar-refractivity contribution is 6.09. The van der Waals surface area contributed by atoms with Gasteiger partial charge in [-0.25, -0.2) is 8.78 Å². The molecule has 7 nitrogen and oxygen atoms in total. The smallest absolute Gasteiger partial charge is 0.263 e. The van der Waals surface area contributed by atoms with Crippen molar-refractivity contribution in [1.29, 1.82) is 0 Å². The molecule has 1 amide bonds. The first-order valence-electron chi connectivity index (χ1n) is 8.43. The standard InChI is InChI=1S/C19H18F2N4O3/c1-28-13-5-7-23-9-12(13)10-3-2-4-11-16(22)15(19(27)25-17(10)11)18(26)24-8-6-14(20)21/h2-5,7,9,14H,6,8H2,1H3,(H,24,26)(H3,22,25,27). The lowest BCUT2D eigenvalue weighted by Gasteiger charge is -2.13. The normalized spacial score (nSPS) is 11.0. The molecule has 0 atom stereocenters. The number of nitrogens with zero attached hydrogens (tertiary/aromatic N) is 1. The molecule has 28 heavy (non-hydrogen) atoms. The van der Waals surface area contributed by atoms with Gasteiger partial charge in [0.1, 0.15) is 11.3 Å². The second-order valence-corrected chi connectivity index (χ2v) is 5.98. The number of benzene rings is 1. The summed E-state index contributed by atoms with van der Waals surface area (Å²) in [5.74, 6) is -0.249. The van der Waals surface area contributed by atoms with Crippen LogP contribution in [0.4, 0.5) is 14.5 Å². The molecule has 4 N–H and O–H groups in total. The third-order valence-corrected chi connectivity index (χ3v) is 4.26. The van der Waals surface area contributed by atoms with E-state index in [9.17, 15) is 18.4 Å². The van der Waals surface area contributed by atoms with E-state index < -0.39 is 24.3 Å². The Bertz CT molecular complexity index is 1080. The number of nitrogens with one attached hydrogen (secondary N) is 2. The predicted molar refractivity (Wildman–Crippen MR) is 102 cm³/mol. The number of H-pyrrole nitrogens is 1. The van der Waals surface area contributed by atoms with Crippen molar-refractivity contribution in [3.8, 4) is 16.9 Å². The Kier molecular flexibility index (Phi) is 5.53. The highest BCUT2D eigenvalue weighted by Crippen LogP contribution is 2.34. The van der Waals surface area contributed by atoms with Crippen LogP contribution in [-0.4, -0.2) is 36.0 Å². The minimum Gasteiger partial charge on any atom is -0.496 e. The van der Waals surface area contributed by atoms with Gasteiger partial charge in [-0.3, -0.25) is 14.6 Å². The number of ether oxygens (including phenoxy) is 1. The van der Waals surface area contributed by atoms with Gasteiger partial charge in [0.25, 0.3) is 11.5 Å². The lowest BCUT2D eigenvalue weighted by molar-refractivity contribution is 0.0933. The predicted octanol–water partition coefficient (Wildman–Crippen LogP) is 2.57. The van der Waals surface area contributed by atoms with Crippen molar-refractivity contribution in [3.05, 3.63) is 52.6 Å². The number of methoxy groups -OCH3 is 1. The fourth-order valence-corrected chi connectivity index (χ4v) is 2.94. The first kappa shape index (κ1) is 19.3. The first-order chi connectivity index (χ1) is 13.4. The van der Waals surface area contributed by atoms with Gasteiger partial charge in [0.15, 0.2) is 0 Å². The molecule has 0 aliphatic heterocycles. The van der Waals surface area contributed by atoms with Gasteiger partial charge in [-0.15, -0.1) is 0 Å². The Hall–Kier alpha value is -3.49. The van der Waals surface area contributed by atoms with E-state index >= 15 is 0 Å². The molecule has 2 aromatic heterocycles. The molecule has 3 rings (SSSR count). The van der Waals surface area contributed by atoms with Gasteiger partial charge in [-0.2, -0.15) is 0 Å². The van der Waals surface area contributed by atoms with Crippen molar-refractivity contribution >= 4 is 22.5 Å². The Morgan fingerprint density at radius 1 is 1.32 bits per heavy atom. The fourth-order valence-electron chi connectivity index (χ4n) is 2.94. The lowest BCUT2D eigenvalue weighted by Crippen LogP contribution is -2.32. The van der Waals surface area contributed by atoms with Gasteiger partial charge < -0.3 is 20.8 Å². The quantitative estimate of drug-likeness (QED) is 0.601. The molecule has 0 bridgehead atoms. The molecule has 3 aromatic rings. The Morgan fingerprint density at radius 3 is 2.82 bits per heavy atom. The number of anilines is 1. The van der Waals surface area contributed by atoms with Crippen molar-refractivity contribution in [2.45, 2.75) is 12.8 Å². The zero-order chi connectivity index (χ0) is 20.3. The summed E-state index contributed by atoms with van der Waals surface area (Å²) < 4.78 is 29.9. The van der Waals surface area contributed by atoms with Crippen LogP contribution in [0.2, 0.25) is 0 Å². The van der Waals surface area contributed by atoms with Crippen molar-refractivity contribution in [2.75, 3.05) is 19.4 Å². The number of pyridine rings is 2. The van der Waals surface area contributed by atoms with Crippen LogP contribution in [0.25, 0.3) is 22.0 Å². The van der Waals surface area contributed by atoms with E-state index in [0.29, 0.717) is 27.8 Å². The number of nitrogens with two attached hydrogens (primary N) is 1. The summed E-state index contributed by atoms with van der Waals surface area (Å²) in [5, 5.41) is 2.74. The van der Waals surface area contributed by atoms with E-state index in [0.717, 1.165) is 0 Å². The summed E-state index contributed by atoms with van der Waals surface area (Å²) in [4.78, 5) is 31.6. The molecule has 0 aliphatic rings. The number of aromatic nitrogens is 2. The van der Waals surface area contributed by atoms with Crippen molar-refractivity contribution < 1.29 is 18.3 Å². The number of amides is 1. The van der Waals surface area contributed by atoms with Crippen LogP contribution >= 0.6 is 0 Å². The highest BCUT2D eigenvalue weighted by Gasteiger charge is 2.20. The molecule has 146 valence electrons. The van der Waals surface area contributed by atoms with E-state index in [1.165, 1.54) is 7.11 Å². The number of para-hydroxylation sites is 1. The first-order valence-corrected chi connectivity index (χ1v) is 8.43. The molecule has 1 aromatic carbocycles. The van der Waals surface area contributed by atoms with E-state index in [-0.39, 0.29) is 17.8 Å². The number of hydrogen-bond donors (Lipinski definition) is 3. The molecular weight excluding hydrogens is 370 g/mol. The molecule has 0 saturated heterocycles. The van der Waals surface area contributed by atoms with Gasteiger partial charge in [0.05, 0.1) is 18.3 Å².